The predicted octanol–water partition coefficient (Wildman–Crippen LogP) is 1.32. The first-order valence-corrected chi connectivity index (χ1v) is 5.65. The van der Waals surface area contributed by atoms with E-state index in [-0.39, 0.29) is 11.8 Å². The maximum atomic E-state index is 10.3. The molecule has 0 radical (unpaired) electrons. The van der Waals surface area contributed by atoms with Gasteiger partial charge in [0.1, 0.15) is 0 Å². The van der Waals surface area contributed by atoms with Gasteiger partial charge >= 0.3 is 5.97 Å². The lowest BCUT2D eigenvalue weighted by atomic mass is 9.97. The van der Waals surface area contributed by atoms with E-state index in [2.05, 4.69) is 15.5 Å². The highest BCUT2D eigenvalue weighted by Crippen LogP contribution is 2.19. The van der Waals surface area contributed by atoms with Crippen molar-refractivity contribution in [2.45, 2.75) is 45.6 Å². The van der Waals surface area contributed by atoms with Crippen molar-refractivity contribution in [1.82, 2.24) is 15.5 Å². The van der Waals surface area contributed by atoms with E-state index in [4.69, 9.17) is 9.52 Å². The Morgan fingerprint density at radius 1 is 1.41 bits per heavy atom. The van der Waals surface area contributed by atoms with E-state index in [1.54, 1.807) is 0 Å². The van der Waals surface area contributed by atoms with Gasteiger partial charge in [0, 0.05) is 11.8 Å². The minimum absolute atomic E-state index is 0.144. The van der Waals surface area contributed by atoms with E-state index in [0.29, 0.717) is 31.3 Å². The van der Waals surface area contributed by atoms with Crippen LogP contribution in [-0.4, -0.2) is 27.8 Å². The number of hydrogen-bond acceptors (Lipinski definition) is 5. The largest absolute Gasteiger partial charge is 0.481 e. The van der Waals surface area contributed by atoms with Crippen LogP contribution < -0.4 is 5.32 Å². The lowest BCUT2D eigenvalue weighted by Gasteiger charge is -2.10. The van der Waals surface area contributed by atoms with Gasteiger partial charge in [0.2, 0.25) is 11.8 Å². The number of hydrogen-bond donors (Lipinski definition) is 2. The first kappa shape index (κ1) is 13.6. The Labute approximate surface area is 100 Å². The highest BCUT2D eigenvalue weighted by atomic mass is 16.4. The molecule has 1 rings (SSSR count). The van der Waals surface area contributed by atoms with Gasteiger partial charge in [0.25, 0.3) is 0 Å². The van der Waals surface area contributed by atoms with Crippen LogP contribution in [0, 0.1) is 0 Å². The van der Waals surface area contributed by atoms with E-state index in [1.165, 1.54) is 0 Å². The number of carboxylic acid groups (broad SMARTS) is 1. The number of aliphatic carboxylic acids is 1. The first-order chi connectivity index (χ1) is 7.89. The molecule has 1 aromatic rings. The molecule has 1 heterocycles. The molecule has 0 saturated carbocycles. The van der Waals surface area contributed by atoms with Crippen LogP contribution in [0.3, 0.4) is 0 Å². The first-order valence-electron chi connectivity index (χ1n) is 5.65. The Hall–Kier alpha value is -1.43. The van der Waals surface area contributed by atoms with Gasteiger partial charge in [-0.05, 0) is 13.0 Å². The van der Waals surface area contributed by atoms with Crippen LogP contribution >= 0.6 is 0 Å². The summed E-state index contributed by atoms with van der Waals surface area (Å²) in [5.41, 5.74) is -0.144. The molecule has 0 amide bonds. The van der Waals surface area contributed by atoms with Gasteiger partial charge in [-0.1, -0.05) is 20.8 Å². The fourth-order valence-corrected chi connectivity index (χ4v) is 1.19. The van der Waals surface area contributed by atoms with Crippen molar-refractivity contribution >= 4 is 5.97 Å². The zero-order valence-corrected chi connectivity index (χ0v) is 10.5. The Morgan fingerprint density at radius 3 is 2.65 bits per heavy atom. The van der Waals surface area contributed by atoms with Gasteiger partial charge in [-0.2, -0.15) is 0 Å². The minimum Gasteiger partial charge on any atom is -0.481 e. The van der Waals surface area contributed by atoms with Gasteiger partial charge in [-0.3, -0.25) is 4.79 Å². The maximum absolute atomic E-state index is 10.3. The van der Waals surface area contributed by atoms with E-state index in [9.17, 15) is 4.79 Å². The van der Waals surface area contributed by atoms with E-state index in [1.807, 2.05) is 20.8 Å². The number of carbonyl (C=O) groups is 1. The molecule has 96 valence electrons. The Kier molecular flexibility index (Phi) is 4.62. The van der Waals surface area contributed by atoms with Crippen LogP contribution in [0.1, 0.15) is 45.4 Å². The number of nitrogens with zero attached hydrogens (tertiary/aromatic N) is 2. The van der Waals surface area contributed by atoms with Gasteiger partial charge in [0.15, 0.2) is 0 Å². The molecule has 0 fully saturated rings. The summed E-state index contributed by atoms with van der Waals surface area (Å²) in [6, 6.07) is 0. The standard InChI is InChI=1S/C11H19N3O3/c1-11(2,3)10-14-13-8(17-10)7-12-6-4-5-9(15)16/h12H,4-7H2,1-3H3,(H,15,16). The summed E-state index contributed by atoms with van der Waals surface area (Å²) < 4.78 is 5.47. The molecular weight excluding hydrogens is 222 g/mol. The average molecular weight is 241 g/mol. The van der Waals surface area contributed by atoms with Crippen LogP contribution in [0.5, 0.6) is 0 Å². The topological polar surface area (TPSA) is 88.2 Å². The Morgan fingerprint density at radius 2 is 2.12 bits per heavy atom. The molecule has 0 aliphatic rings. The third-order valence-electron chi connectivity index (χ3n) is 2.13. The molecule has 0 saturated heterocycles. The number of rotatable bonds is 6. The second kappa shape index (κ2) is 5.77. The highest BCUT2D eigenvalue weighted by Gasteiger charge is 2.21. The van der Waals surface area contributed by atoms with Crippen LogP contribution in [0.25, 0.3) is 0 Å². The monoisotopic (exact) mass is 241 g/mol. The van der Waals surface area contributed by atoms with Gasteiger partial charge < -0.3 is 14.8 Å². The molecule has 0 unspecified atom stereocenters. The number of carboxylic acids is 1. The number of aromatic nitrogens is 2. The summed E-state index contributed by atoms with van der Waals surface area (Å²) in [6.07, 6.45) is 0.764. The molecule has 6 heteroatoms. The van der Waals surface area contributed by atoms with Crippen LogP contribution in [-0.2, 0) is 16.8 Å². The molecule has 0 spiro atoms. The zero-order chi connectivity index (χ0) is 12.9. The molecule has 2 N–H and O–H groups in total. The van der Waals surface area contributed by atoms with E-state index < -0.39 is 5.97 Å². The Balaban J connectivity index is 2.28. The fourth-order valence-electron chi connectivity index (χ4n) is 1.19. The summed E-state index contributed by atoms with van der Waals surface area (Å²) in [5, 5.41) is 19.4. The van der Waals surface area contributed by atoms with Crippen molar-refractivity contribution in [3.8, 4) is 0 Å². The molecule has 0 bridgehead atoms. The Bertz CT molecular complexity index is 368. The molecule has 0 aromatic carbocycles. The highest BCUT2D eigenvalue weighted by molar-refractivity contribution is 5.66. The van der Waals surface area contributed by atoms with Gasteiger partial charge in [0.05, 0.1) is 6.54 Å². The lowest BCUT2D eigenvalue weighted by molar-refractivity contribution is -0.137. The second-order valence-electron chi connectivity index (χ2n) is 4.93. The summed E-state index contributed by atoms with van der Waals surface area (Å²) in [7, 11) is 0. The fraction of sp³-hybridized carbons (Fsp3) is 0.727. The zero-order valence-electron chi connectivity index (χ0n) is 10.5. The van der Waals surface area contributed by atoms with Crippen LogP contribution in [0.15, 0.2) is 4.42 Å². The molecule has 0 aliphatic heterocycles. The molecule has 0 atom stereocenters. The van der Waals surface area contributed by atoms with Crippen molar-refractivity contribution in [3.05, 3.63) is 11.8 Å². The quantitative estimate of drug-likeness (QED) is 0.730. The molecule has 0 aliphatic carbocycles. The van der Waals surface area contributed by atoms with Crippen molar-refractivity contribution in [2.24, 2.45) is 0 Å². The van der Waals surface area contributed by atoms with Crippen LogP contribution in [0.4, 0.5) is 0 Å². The predicted molar refractivity (Wildman–Crippen MR) is 61.6 cm³/mol. The van der Waals surface area contributed by atoms with Crippen molar-refractivity contribution < 1.29 is 14.3 Å². The van der Waals surface area contributed by atoms with Crippen molar-refractivity contribution in [3.63, 3.8) is 0 Å². The van der Waals surface area contributed by atoms with Gasteiger partial charge in [-0.15, -0.1) is 10.2 Å². The van der Waals surface area contributed by atoms with Crippen molar-refractivity contribution in [1.29, 1.82) is 0 Å². The van der Waals surface area contributed by atoms with E-state index in [0.717, 1.165) is 0 Å². The van der Waals surface area contributed by atoms with Crippen molar-refractivity contribution in [2.75, 3.05) is 6.54 Å². The normalized spacial score (nSPS) is 11.7. The average Bonchev–Trinajstić information content (AvgIpc) is 2.64. The molecule has 17 heavy (non-hydrogen) atoms. The molecule has 1 aromatic heterocycles. The third kappa shape index (κ3) is 4.95. The lowest BCUT2D eigenvalue weighted by Crippen LogP contribution is -2.16. The van der Waals surface area contributed by atoms with Crippen LogP contribution in [0.2, 0.25) is 0 Å². The number of nitrogens with one attached hydrogen (secondary N) is 1. The summed E-state index contributed by atoms with van der Waals surface area (Å²) in [4.78, 5) is 10.3. The minimum atomic E-state index is -0.778. The third-order valence-corrected chi connectivity index (χ3v) is 2.13. The summed E-state index contributed by atoms with van der Waals surface area (Å²) in [6.45, 7) is 7.11. The van der Waals surface area contributed by atoms with E-state index >= 15 is 0 Å². The SMILES string of the molecule is CC(C)(C)c1nnc(CNCCCC(=O)O)o1. The second-order valence-corrected chi connectivity index (χ2v) is 4.93. The molecular formula is C11H19N3O3. The molecule has 6 nitrogen and oxygen atoms in total. The van der Waals surface area contributed by atoms with Gasteiger partial charge in [-0.25, -0.2) is 0 Å². The maximum Gasteiger partial charge on any atom is 0.303 e. The summed E-state index contributed by atoms with van der Waals surface area (Å²) >= 11 is 0. The smallest absolute Gasteiger partial charge is 0.303 e. The summed E-state index contributed by atoms with van der Waals surface area (Å²) in [5.74, 6) is 0.365.